The van der Waals surface area contributed by atoms with Crippen molar-refractivity contribution in [3.05, 3.63) is 23.8 Å². The summed E-state index contributed by atoms with van der Waals surface area (Å²) in [5.41, 5.74) is 0.408. The van der Waals surface area contributed by atoms with Crippen LogP contribution in [0.1, 0.15) is 38.2 Å². The number of rotatable bonds is 8. The first kappa shape index (κ1) is 18.1. The highest BCUT2D eigenvalue weighted by Crippen LogP contribution is 2.35. The molecule has 1 aliphatic carbocycles. The topological polar surface area (TPSA) is 84.9 Å². The molecule has 1 fully saturated rings. The van der Waals surface area contributed by atoms with Crippen LogP contribution in [0.5, 0.6) is 11.5 Å². The summed E-state index contributed by atoms with van der Waals surface area (Å²) in [6.45, 7) is 1.85. The number of carbonyl (C=O) groups excluding carboxylic acids is 1. The van der Waals surface area contributed by atoms with Crippen LogP contribution in [0.4, 0.5) is 0 Å². The fourth-order valence-corrected chi connectivity index (χ4v) is 3.08. The molecule has 1 unspecified atom stereocenters. The zero-order chi connectivity index (χ0) is 17.7. The third-order valence-corrected chi connectivity index (χ3v) is 4.63. The van der Waals surface area contributed by atoms with Crippen LogP contribution in [-0.4, -0.2) is 36.7 Å². The molecule has 132 valence electrons. The molecule has 2 N–H and O–H groups in total. The minimum Gasteiger partial charge on any atom is -0.493 e. The van der Waals surface area contributed by atoms with Gasteiger partial charge in [0, 0.05) is 5.92 Å². The van der Waals surface area contributed by atoms with E-state index in [1.165, 1.54) is 0 Å². The molecule has 0 spiro atoms. The molecule has 1 atom stereocenters. The lowest BCUT2D eigenvalue weighted by molar-refractivity contribution is -0.140. The van der Waals surface area contributed by atoms with Crippen molar-refractivity contribution in [3.63, 3.8) is 0 Å². The Morgan fingerprint density at radius 1 is 1.25 bits per heavy atom. The van der Waals surface area contributed by atoms with E-state index in [-0.39, 0.29) is 18.2 Å². The molecule has 0 heterocycles. The van der Waals surface area contributed by atoms with Crippen LogP contribution in [0, 0.1) is 5.92 Å². The Hall–Kier alpha value is -2.24. The fourth-order valence-electron chi connectivity index (χ4n) is 3.08. The second-order valence-electron chi connectivity index (χ2n) is 6.49. The van der Waals surface area contributed by atoms with Gasteiger partial charge in [0.2, 0.25) is 5.91 Å². The number of carboxylic acids is 1. The van der Waals surface area contributed by atoms with Crippen LogP contribution in [0.25, 0.3) is 0 Å². The number of benzene rings is 1. The highest BCUT2D eigenvalue weighted by Gasteiger charge is 2.40. The van der Waals surface area contributed by atoms with Gasteiger partial charge in [-0.15, -0.1) is 0 Å². The summed E-state index contributed by atoms with van der Waals surface area (Å²) in [5.74, 6) is 0.0415. The van der Waals surface area contributed by atoms with Gasteiger partial charge in [0.15, 0.2) is 11.5 Å². The van der Waals surface area contributed by atoms with Crippen LogP contribution in [-0.2, 0) is 16.0 Å². The predicted octanol–water partition coefficient (Wildman–Crippen LogP) is 2.40. The number of hydrogen-bond acceptors (Lipinski definition) is 4. The van der Waals surface area contributed by atoms with E-state index in [9.17, 15) is 9.59 Å². The van der Waals surface area contributed by atoms with E-state index in [0.717, 1.165) is 24.8 Å². The molecule has 1 aromatic rings. The van der Waals surface area contributed by atoms with Crippen LogP contribution < -0.4 is 14.8 Å². The molecule has 24 heavy (non-hydrogen) atoms. The van der Waals surface area contributed by atoms with Crippen molar-refractivity contribution < 1.29 is 24.2 Å². The monoisotopic (exact) mass is 335 g/mol. The summed E-state index contributed by atoms with van der Waals surface area (Å²) in [6, 6.07) is 5.58. The lowest BCUT2D eigenvalue weighted by atomic mass is 9.74. The molecular weight excluding hydrogens is 310 g/mol. The first-order valence-electron chi connectivity index (χ1n) is 8.14. The SMILES string of the molecule is COc1ccc(CC(C)C(=O)NC2(CC(=O)O)CCC2)cc1OC. The molecule has 6 heteroatoms. The van der Waals surface area contributed by atoms with Crippen molar-refractivity contribution in [1.82, 2.24) is 5.32 Å². The zero-order valence-electron chi connectivity index (χ0n) is 14.4. The summed E-state index contributed by atoms with van der Waals surface area (Å²) < 4.78 is 10.5. The summed E-state index contributed by atoms with van der Waals surface area (Å²) in [4.78, 5) is 23.5. The maximum absolute atomic E-state index is 12.5. The van der Waals surface area contributed by atoms with Crippen molar-refractivity contribution in [2.45, 2.75) is 44.6 Å². The lowest BCUT2D eigenvalue weighted by Gasteiger charge is -2.42. The highest BCUT2D eigenvalue weighted by atomic mass is 16.5. The van der Waals surface area contributed by atoms with Crippen molar-refractivity contribution in [3.8, 4) is 11.5 Å². The minimum atomic E-state index is -0.873. The van der Waals surface area contributed by atoms with Crippen molar-refractivity contribution in [1.29, 1.82) is 0 Å². The Morgan fingerprint density at radius 3 is 2.42 bits per heavy atom. The summed E-state index contributed by atoms with van der Waals surface area (Å²) >= 11 is 0. The molecule has 0 aromatic heterocycles. The second-order valence-corrected chi connectivity index (χ2v) is 6.49. The molecule has 0 bridgehead atoms. The van der Waals surface area contributed by atoms with Gasteiger partial charge in [-0.2, -0.15) is 0 Å². The summed E-state index contributed by atoms with van der Waals surface area (Å²) in [6.07, 6.45) is 2.96. The number of ether oxygens (including phenoxy) is 2. The van der Waals surface area contributed by atoms with Gasteiger partial charge < -0.3 is 19.9 Å². The predicted molar refractivity (Wildman–Crippen MR) is 89.4 cm³/mol. The highest BCUT2D eigenvalue weighted by molar-refractivity contribution is 5.80. The second kappa shape index (κ2) is 7.55. The standard InChI is InChI=1S/C18H25NO5/c1-12(9-13-5-6-14(23-2)15(10-13)24-3)17(22)19-18(7-4-8-18)11-16(20)21/h5-6,10,12H,4,7-9,11H2,1-3H3,(H,19,22)(H,20,21). The number of carboxylic acid groups (broad SMARTS) is 1. The van der Waals surface area contributed by atoms with Crippen molar-refractivity contribution >= 4 is 11.9 Å². The molecule has 6 nitrogen and oxygen atoms in total. The van der Waals surface area contributed by atoms with Gasteiger partial charge >= 0.3 is 5.97 Å². The van der Waals surface area contributed by atoms with Gasteiger partial charge in [-0.05, 0) is 43.4 Å². The van der Waals surface area contributed by atoms with E-state index in [1.54, 1.807) is 14.2 Å². The average Bonchev–Trinajstić information content (AvgIpc) is 2.51. The van der Waals surface area contributed by atoms with E-state index >= 15 is 0 Å². The summed E-state index contributed by atoms with van der Waals surface area (Å²) in [5, 5.41) is 12.0. The largest absolute Gasteiger partial charge is 0.493 e. The normalized spacial score (nSPS) is 16.6. The van der Waals surface area contributed by atoms with Crippen molar-refractivity contribution in [2.75, 3.05) is 14.2 Å². The average molecular weight is 335 g/mol. The number of hydrogen-bond donors (Lipinski definition) is 2. The number of nitrogens with one attached hydrogen (secondary N) is 1. The van der Waals surface area contributed by atoms with Crippen LogP contribution in [0.15, 0.2) is 18.2 Å². The van der Waals surface area contributed by atoms with E-state index in [1.807, 2.05) is 25.1 Å². The van der Waals surface area contributed by atoms with Crippen LogP contribution in [0.2, 0.25) is 0 Å². The van der Waals surface area contributed by atoms with Gasteiger partial charge in [0.25, 0.3) is 0 Å². The van der Waals surface area contributed by atoms with Gasteiger partial charge in [-0.3, -0.25) is 9.59 Å². The quantitative estimate of drug-likeness (QED) is 0.762. The smallest absolute Gasteiger partial charge is 0.305 e. The fraction of sp³-hybridized carbons (Fsp3) is 0.556. The van der Waals surface area contributed by atoms with Gasteiger partial charge in [-0.1, -0.05) is 13.0 Å². The molecule has 0 aliphatic heterocycles. The molecule has 1 aliphatic rings. The molecule has 1 aromatic carbocycles. The molecule has 1 saturated carbocycles. The first-order valence-corrected chi connectivity index (χ1v) is 8.14. The van der Waals surface area contributed by atoms with Crippen LogP contribution in [0.3, 0.4) is 0 Å². The summed E-state index contributed by atoms with van der Waals surface area (Å²) in [7, 11) is 3.15. The third-order valence-electron chi connectivity index (χ3n) is 4.63. The number of carbonyl (C=O) groups is 2. The van der Waals surface area contributed by atoms with Gasteiger partial charge in [0.05, 0.1) is 26.2 Å². The van der Waals surface area contributed by atoms with Gasteiger partial charge in [-0.25, -0.2) is 0 Å². The molecule has 0 radical (unpaired) electrons. The van der Waals surface area contributed by atoms with E-state index in [2.05, 4.69) is 5.32 Å². The van der Waals surface area contributed by atoms with E-state index in [4.69, 9.17) is 14.6 Å². The minimum absolute atomic E-state index is 0.0121. The first-order chi connectivity index (χ1) is 11.4. The van der Waals surface area contributed by atoms with Gasteiger partial charge in [0.1, 0.15) is 0 Å². The molecular formula is C18H25NO5. The Morgan fingerprint density at radius 2 is 1.92 bits per heavy atom. The number of amides is 1. The molecule has 0 saturated heterocycles. The van der Waals surface area contributed by atoms with Crippen molar-refractivity contribution in [2.24, 2.45) is 5.92 Å². The maximum atomic E-state index is 12.5. The Kier molecular flexibility index (Phi) is 5.70. The maximum Gasteiger partial charge on any atom is 0.305 e. The number of aliphatic carboxylic acids is 1. The Bertz CT molecular complexity index is 609. The lowest BCUT2D eigenvalue weighted by Crippen LogP contribution is -2.56. The van der Waals surface area contributed by atoms with E-state index < -0.39 is 11.5 Å². The number of methoxy groups -OCH3 is 2. The molecule has 1 amide bonds. The Balaban J connectivity index is 2.00. The Labute approximate surface area is 142 Å². The molecule has 2 rings (SSSR count). The third kappa shape index (κ3) is 4.19. The van der Waals surface area contributed by atoms with E-state index in [0.29, 0.717) is 17.9 Å². The zero-order valence-corrected chi connectivity index (χ0v) is 14.4. The van der Waals surface area contributed by atoms with Crippen LogP contribution >= 0.6 is 0 Å².